The Kier molecular flexibility index (Phi) is 4.55. The summed E-state index contributed by atoms with van der Waals surface area (Å²) < 4.78 is 14.6. The van der Waals surface area contributed by atoms with Crippen molar-refractivity contribution in [3.05, 3.63) is 0 Å². The molecule has 0 aliphatic carbocycles. The van der Waals surface area contributed by atoms with Crippen LogP contribution in [-0.4, -0.2) is 38.4 Å². The van der Waals surface area contributed by atoms with Crippen molar-refractivity contribution in [2.45, 2.75) is 37.9 Å². The molecule has 1 aliphatic rings. The van der Waals surface area contributed by atoms with Gasteiger partial charge in [0, 0.05) is 0 Å². The van der Waals surface area contributed by atoms with Crippen LogP contribution in [0.15, 0.2) is 0 Å². The summed E-state index contributed by atoms with van der Waals surface area (Å²) in [5.41, 5.74) is 0. The molecule has 1 heterocycles. The van der Waals surface area contributed by atoms with E-state index in [0.29, 0.717) is 0 Å². The maximum atomic E-state index is 11.0. The van der Waals surface area contributed by atoms with E-state index in [1.165, 1.54) is 14.2 Å². The van der Waals surface area contributed by atoms with E-state index in [2.05, 4.69) is 9.47 Å². The van der Waals surface area contributed by atoms with Crippen LogP contribution in [0.4, 0.5) is 0 Å². The Balaban J connectivity index is 2.26. The lowest BCUT2D eigenvalue weighted by atomic mass is 10.1. The van der Waals surface area contributed by atoms with Crippen molar-refractivity contribution in [3.8, 4) is 0 Å². The molecule has 1 aliphatic heterocycles. The number of hydrogen-bond donors (Lipinski definition) is 0. The molecule has 0 aromatic rings. The SMILES string of the molecule is COC(=O)CC1CCC(CC(=O)OC)O1. The largest absolute Gasteiger partial charge is 0.469 e. The molecule has 86 valence electrons. The predicted molar refractivity (Wildman–Crippen MR) is 51.2 cm³/mol. The summed E-state index contributed by atoms with van der Waals surface area (Å²) in [6.07, 6.45) is 1.86. The molecule has 5 heteroatoms. The first-order valence-corrected chi connectivity index (χ1v) is 4.94. The van der Waals surface area contributed by atoms with E-state index in [9.17, 15) is 9.59 Å². The van der Waals surface area contributed by atoms with E-state index >= 15 is 0 Å². The van der Waals surface area contributed by atoms with E-state index in [-0.39, 0.29) is 37.0 Å². The van der Waals surface area contributed by atoms with Crippen molar-refractivity contribution in [1.82, 2.24) is 0 Å². The quantitative estimate of drug-likeness (QED) is 0.646. The first kappa shape index (κ1) is 12.0. The topological polar surface area (TPSA) is 61.8 Å². The van der Waals surface area contributed by atoms with Crippen molar-refractivity contribution in [2.24, 2.45) is 0 Å². The van der Waals surface area contributed by atoms with Gasteiger partial charge in [-0.05, 0) is 12.8 Å². The summed E-state index contributed by atoms with van der Waals surface area (Å²) in [4.78, 5) is 21.9. The lowest BCUT2D eigenvalue weighted by molar-refractivity contribution is -0.145. The van der Waals surface area contributed by atoms with Gasteiger partial charge in [0.2, 0.25) is 0 Å². The van der Waals surface area contributed by atoms with Crippen molar-refractivity contribution in [1.29, 1.82) is 0 Å². The van der Waals surface area contributed by atoms with Crippen molar-refractivity contribution >= 4 is 11.9 Å². The molecular formula is C10H16O5. The molecule has 2 atom stereocenters. The standard InChI is InChI=1S/C10H16O5/c1-13-9(11)5-7-3-4-8(15-7)6-10(12)14-2/h7-8H,3-6H2,1-2H3. The van der Waals surface area contributed by atoms with Crippen LogP contribution in [0.1, 0.15) is 25.7 Å². The first-order valence-electron chi connectivity index (χ1n) is 4.94. The molecule has 0 bridgehead atoms. The number of ether oxygens (including phenoxy) is 3. The smallest absolute Gasteiger partial charge is 0.308 e. The Morgan fingerprint density at radius 3 is 1.80 bits per heavy atom. The van der Waals surface area contributed by atoms with Gasteiger partial charge in [0.1, 0.15) is 0 Å². The van der Waals surface area contributed by atoms with Crippen LogP contribution in [0.3, 0.4) is 0 Å². The fourth-order valence-corrected chi connectivity index (χ4v) is 1.62. The van der Waals surface area contributed by atoms with Gasteiger partial charge in [-0.1, -0.05) is 0 Å². The Labute approximate surface area is 88.7 Å². The average Bonchev–Trinajstić information content (AvgIpc) is 2.65. The number of rotatable bonds is 4. The fourth-order valence-electron chi connectivity index (χ4n) is 1.62. The second-order valence-electron chi connectivity index (χ2n) is 3.52. The van der Waals surface area contributed by atoms with Gasteiger partial charge in [-0.2, -0.15) is 0 Å². The number of hydrogen-bond acceptors (Lipinski definition) is 5. The summed E-state index contributed by atoms with van der Waals surface area (Å²) in [6.45, 7) is 0. The van der Waals surface area contributed by atoms with E-state index in [0.717, 1.165) is 12.8 Å². The minimum absolute atomic E-state index is 0.118. The predicted octanol–water partition coefficient (Wildman–Crippen LogP) is 0.660. The number of methoxy groups -OCH3 is 2. The van der Waals surface area contributed by atoms with Crippen LogP contribution in [0.2, 0.25) is 0 Å². The molecule has 0 saturated carbocycles. The Morgan fingerprint density at radius 2 is 1.47 bits per heavy atom. The molecule has 0 amide bonds. The molecule has 0 radical (unpaired) electrons. The van der Waals surface area contributed by atoms with Gasteiger partial charge in [-0.3, -0.25) is 9.59 Å². The van der Waals surface area contributed by atoms with Crippen LogP contribution in [0, 0.1) is 0 Å². The summed E-state index contributed by atoms with van der Waals surface area (Å²) in [5.74, 6) is -0.558. The minimum Gasteiger partial charge on any atom is -0.469 e. The zero-order chi connectivity index (χ0) is 11.3. The van der Waals surface area contributed by atoms with Crippen LogP contribution < -0.4 is 0 Å². The molecule has 0 aromatic carbocycles. The highest BCUT2D eigenvalue weighted by Gasteiger charge is 2.29. The second-order valence-corrected chi connectivity index (χ2v) is 3.52. The zero-order valence-corrected chi connectivity index (χ0v) is 9.02. The normalized spacial score (nSPS) is 24.9. The Bertz CT molecular complexity index is 214. The summed E-state index contributed by atoms with van der Waals surface area (Å²) in [6, 6.07) is 0. The minimum atomic E-state index is -0.279. The number of carbonyl (C=O) groups is 2. The Hall–Kier alpha value is -1.10. The van der Waals surface area contributed by atoms with Crippen LogP contribution in [-0.2, 0) is 23.8 Å². The molecule has 1 fully saturated rings. The van der Waals surface area contributed by atoms with Gasteiger partial charge < -0.3 is 14.2 Å². The molecule has 15 heavy (non-hydrogen) atoms. The molecule has 0 N–H and O–H groups in total. The van der Waals surface area contributed by atoms with Crippen molar-refractivity contribution in [2.75, 3.05) is 14.2 Å². The first-order chi connectivity index (χ1) is 7.15. The molecule has 1 rings (SSSR count). The lowest BCUT2D eigenvalue weighted by Gasteiger charge is -2.11. The van der Waals surface area contributed by atoms with E-state index in [1.807, 2.05) is 0 Å². The van der Waals surface area contributed by atoms with Gasteiger partial charge in [-0.15, -0.1) is 0 Å². The molecule has 0 spiro atoms. The van der Waals surface area contributed by atoms with E-state index in [4.69, 9.17) is 4.74 Å². The summed E-state index contributed by atoms with van der Waals surface area (Å²) >= 11 is 0. The van der Waals surface area contributed by atoms with Gasteiger partial charge in [0.05, 0.1) is 39.3 Å². The van der Waals surface area contributed by atoms with E-state index < -0.39 is 0 Å². The fraction of sp³-hybridized carbons (Fsp3) is 0.800. The maximum absolute atomic E-state index is 11.0. The monoisotopic (exact) mass is 216 g/mol. The highest BCUT2D eigenvalue weighted by atomic mass is 16.5. The average molecular weight is 216 g/mol. The van der Waals surface area contributed by atoms with Gasteiger partial charge >= 0.3 is 11.9 Å². The lowest BCUT2D eigenvalue weighted by Crippen LogP contribution is -2.18. The maximum Gasteiger partial charge on any atom is 0.308 e. The molecule has 1 saturated heterocycles. The second kappa shape index (κ2) is 5.70. The molecule has 2 unspecified atom stereocenters. The number of carbonyl (C=O) groups excluding carboxylic acids is 2. The molecular weight excluding hydrogens is 200 g/mol. The molecule has 5 nitrogen and oxygen atoms in total. The third kappa shape index (κ3) is 3.87. The number of esters is 2. The van der Waals surface area contributed by atoms with Gasteiger partial charge in [0.25, 0.3) is 0 Å². The Morgan fingerprint density at radius 1 is 1.07 bits per heavy atom. The van der Waals surface area contributed by atoms with Gasteiger partial charge in [0.15, 0.2) is 0 Å². The van der Waals surface area contributed by atoms with E-state index in [1.54, 1.807) is 0 Å². The van der Waals surface area contributed by atoms with Crippen LogP contribution in [0.25, 0.3) is 0 Å². The third-order valence-electron chi connectivity index (χ3n) is 2.44. The van der Waals surface area contributed by atoms with Crippen LogP contribution >= 0.6 is 0 Å². The van der Waals surface area contributed by atoms with Crippen molar-refractivity contribution < 1.29 is 23.8 Å². The van der Waals surface area contributed by atoms with Gasteiger partial charge in [-0.25, -0.2) is 0 Å². The summed E-state index contributed by atoms with van der Waals surface area (Å²) in [7, 11) is 2.70. The van der Waals surface area contributed by atoms with Crippen LogP contribution in [0.5, 0.6) is 0 Å². The molecule has 0 aromatic heterocycles. The summed E-state index contributed by atoms with van der Waals surface area (Å²) in [5, 5.41) is 0. The zero-order valence-electron chi connectivity index (χ0n) is 9.02. The highest BCUT2D eigenvalue weighted by Crippen LogP contribution is 2.24. The van der Waals surface area contributed by atoms with Crippen molar-refractivity contribution in [3.63, 3.8) is 0 Å². The third-order valence-corrected chi connectivity index (χ3v) is 2.44. The highest BCUT2D eigenvalue weighted by molar-refractivity contribution is 5.70.